The van der Waals surface area contributed by atoms with Crippen molar-refractivity contribution in [3.8, 4) is 0 Å². The number of nitrogens with two attached hydrogens (primary N) is 1. The quantitative estimate of drug-likeness (QED) is 0.835. The summed E-state index contributed by atoms with van der Waals surface area (Å²) in [6, 6.07) is 0. The number of hydrogen-bond donors (Lipinski definition) is 2. The van der Waals surface area contributed by atoms with E-state index in [1.54, 1.807) is 11.3 Å². The largest absolute Gasteiger partial charge is 0.378 e. The molecule has 1 aliphatic carbocycles. The van der Waals surface area contributed by atoms with Crippen LogP contribution in [0.3, 0.4) is 0 Å². The first-order valence-electron chi connectivity index (χ1n) is 6.91. The zero-order chi connectivity index (χ0) is 15.0. The van der Waals surface area contributed by atoms with E-state index in [0.29, 0.717) is 19.6 Å². The Hall–Kier alpha value is -0.400. The van der Waals surface area contributed by atoms with E-state index in [0.717, 1.165) is 10.7 Å². The maximum Gasteiger partial charge on any atom is 0.241 e. The second-order valence-corrected chi connectivity index (χ2v) is 6.85. The van der Waals surface area contributed by atoms with Crippen LogP contribution in [0.5, 0.6) is 0 Å². The average Bonchev–Trinajstić information content (AvgIpc) is 2.81. The summed E-state index contributed by atoms with van der Waals surface area (Å²) in [7, 11) is 0. The molecule has 1 aromatic heterocycles. The average molecular weight is 370 g/mol. The van der Waals surface area contributed by atoms with Gasteiger partial charge in [0.2, 0.25) is 5.91 Å². The Kier molecular flexibility index (Phi) is 7.78. The van der Waals surface area contributed by atoms with Crippen molar-refractivity contribution in [3.05, 3.63) is 16.1 Å². The summed E-state index contributed by atoms with van der Waals surface area (Å²) < 4.78 is 5.63. The molecule has 1 aliphatic rings. The molecule has 0 spiro atoms. The lowest BCUT2D eigenvalue weighted by atomic mass is 9.54. The third-order valence-electron chi connectivity index (χ3n) is 4.30. The van der Waals surface area contributed by atoms with Gasteiger partial charge in [-0.2, -0.15) is 0 Å². The third kappa shape index (κ3) is 3.74. The van der Waals surface area contributed by atoms with E-state index in [4.69, 9.17) is 10.5 Å². The molecule has 0 radical (unpaired) electrons. The highest BCUT2D eigenvalue weighted by Gasteiger charge is 2.62. The molecule has 8 heteroatoms. The number of aryl methyl sites for hydroxylation is 1. The maximum absolute atomic E-state index is 12.4. The number of thiazole rings is 1. The molecule has 1 fully saturated rings. The number of amides is 1. The molecule has 128 valence electrons. The smallest absolute Gasteiger partial charge is 0.241 e. The van der Waals surface area contributed by atoms with Crippen molar-refractivity contribution in [2.75, 3.05) is 6.61 Å². The topological polar surface area (TPSA) is 77.2 Å². The van der Waals surface area contributed by atoms with Crippen LogP contribution in [0, 0.1) is 12.3 Å². The van der Waals surface area contributed by atoms with Gasteiger partial charge in [-0.15, -0.1) is 36.2 Å². The Morgan fingerprint density at radius 3 is 2.64 bits per heavy atom. The zero-order valence-electron chi connectivity index (χ0n) is 13.3. The van der Waals surface area contributed by atoms with Crippen LogP contribution in [0.25, 0.3) is 0 Å². The molecule has 1 aromatic rings. The second kappa shape index (κ2) is 7.93. The molecule has 0 aliphatic heterocycles. The van der Waals surface area contributed by atoms with Crippen molar-refractivity contribution >= 4 is 42.1 Å². The van der Waals surface area contributed by atoms with Crippen molar-refractivity contribution in [2.24, 2.45) is 11.1 Å². The van der Waals surface area contributed by atoms with Crippen molar-refractivity contribution in [1.29, 1.82) is 0 Å². The molecule has 1 amide bonds. The van der Waals surface area contributed by atoms with Crippen LogP contribution < -0.4 is 11.1 Å². The van der Waals surface area contributed by atoms with Gasteiger partial charge in [-0.25, -0.2) is 4.98 Å². The first-order chi connectivity index (χ1) is 9.31. The van der Waals surface area contributed by atoms with Gasteiger partial charge < -0.3 is 15.8 Å². The van der Waals surface area contributed by atoms with Gasteiger partial charge in [0.25, 0.3) is 0 Å². The number of rotatable bonds is 5. The molecular formula is C14H25Cl2N3O2S. The van der Waals surface area contributed by atoms with Gasteiger partial charge in [0, 0.05) is 29.5 Å². The normalized spacial score (nSPS) is 25.4. The Balaban J connectivity index is 0.00000220. The third-order valence-corrected chi connectivity index (χ3v) is 5.27. The fourth-order valence-corrected chi connectivity index (χ4v) is 3.33. The monoisotopic (exact) mass is 369 g/mol. The Bertz CT molecular complexity index is 510. The van der Waals surface area contributed by atoms with E-state index in [9.17, 15) is 4.79 Å². The van der Waals surface area contributed by atoms with Crippen molar-refractivity contribution in [2.45, 2.75) is 52.3 Å². The predicted molar refractivity (Wildman–Crippen MR) is 93.9 cm³/mol. The van der Waals surface area contributed by atoms with Gasteiger partial charge in [-0.1, -0.05) is 13.8 Å². The number of nitrogens with one attached hydrogen (secondary N) is 1. The van der Waals surface area contributed by atoms with E-state index in [-0.39, 0.29) is 42.2 Å². The Labute approximate surface area is 148 Å². The molecule has 1 heterocycles. The zero-order valence-corrected chi connectivity index (χ0v) is 15.8. The Morgan fingerprint density at radius 2 is 2.18 bits per heavy atom. The number of aromatic nitrogens is 1. The second-order valence-electron chi connectivity index (χ2n) is 5.91. The molecular weight excluding hydrogens is 345 g/mol. The van der Waals surface area contributed by atoms with Crippen LogP contribution in [0.1, 0.15) is 37.9 Å². The molecule has 22 heavy (non-hydrogen) atoms. The minimum absolute atomic E-state index is 0. The molecule has 0 aromatic carbocycles. The maximum atomic E-state index is 12.4. The molecule has 2 unspecified atom stereocenters. The first kappa shape index (κ1) is 21.6. The van der Waals surface area contributed by atoms with E-state index in [1.807, 2.05) is 33.1 Å². The van der Waals surface area contributed by atoms with E-state index in [1.165, 1.54) is 0 Å². The fraction of sp³-hybridized carbons (Fsp3) is 0.714. The number of hydrogen-bond acceptors (Lipinski definition) is 5. The lowest BCUT2D eigenvalue weighted by Crippen LogP contribution is -2.75. The molecule has 0 bridgehead atoms. The Morgan fingerprint density at radius 1 is 1.55 bits per heavy atom. The van der Waals surface area contributed by atoms with Gasteiger partial charge in [-0.05, 0) is 13.8 Å². The van der Waals surface area contributed by atoms with Crippen molar-refractivity contribution in [1.82, 2.24) is 10.3 Å². The highest BCUT2D eigenvalue weighted by atomic mass is 35.5. The van der Waals surface area contributed by atoms with Crippen LogP contribution >= 0.6 is 36.2 Å². The summed E-state index contributed by atoms with van der Waals surface area (Å²) in [6.07, 6.45) is 0.613. The SMILES string of the molecule is CCOC1CC(N)(C(=O)NCc2nc(C)cs2)C1(C)C.Cl.Cl. The summed E-state index contributed by atoms with van der Waals surface area (Å²) in [5, 5.41) is 5.77. The number of nitrogens with zero attached hydrogens (tertiary/aromatic N) is 1. The van der Waals surface area contributed by atoms with Crippen LogP contribution in [-0.4, -0.2) is 29.1 Å². The van der Waals surface area contributed by atoms with Gasteiger partial charge >= 0.3 is 0 Å². The van der Waals surface area contributed by atoms with Gasteiger partial charge in [-0.3, -0.25) is 4.79 Å². The van der Waals surface area contributed by atoms with Crippen molar-refractivity contribution in [3.63, 3.8) is 0 Å². The molecule has 5 nitrogen and oxygen atoms in total. The molecule has 2 rings (SSSR count). The van der Waals surface area contributed by atoms with Gasteiger partial charge in [0.1, 0.15) is 10.5 Å². The molecule has 0 saturated heterocycles. The lowest BCUT2D eigenvalue weighted by molar-refractivity contribution is -0.170. The minimum Gasteiger partial charge on any atom is -0.378 e. The molecule has 2 atom stereocenters. The number of ether oxygens (including phenoxy) is 1. The van der Waals surface area contributed by atoms with Crippen molar-refractivity contribution < 1.29 is 9.53 Å². The minimum atomic E-state index is -0.862. The van der Waals surface area contributed by atoms with Crippen LogP contribution in [-0.2, 0) is 16.1 Å². The van der Waals surface area contributed by atoms with Crippen LogP contribution in [0.2, 0.25) is 0 Å². The summed E-state index contributed by atoms with van der Waals surface area (Å²) in [5.74, 6) is -0.119. The molecule has 3 N–H and O–H groups in total. The highest BCUT2D eigenvalue weighted by Crippen LogP contribution is 2.49. The summed E-state index contributed by atoms with van der Waals surface area (Å²) >= 11 is 1.55. The fourth-order valence-electron chi connectivity index (χ4n) is 2.62. The van der Waals surface area contributed by atoms with E-state index in [2.05, 4.69) is 10.3 Å². The number of halogens is 2. The summed E-state index contributed by atoms with van der Waals surface area (Å²) in [5.41, 5.74) is 6.06. The molecule has 1 saturated carbocycles. The summed E-state index contributed by atoms with van der Waals surface area (Å²) in [4.78, 5) is 16.7. The lowest BCUT2D eigenvalue weighted by Gasteiger charge is -2.57. The van der Waals surface area contributed by atoms with Crippen LogP contribution in [0.15, 0.2) is 5.38 Å². The van der Waals surface area contributed by atoms with E-state index >= 15 is 0 Å². The number of carbonyl (C=O) groups excluding carboxylic acids is 1. The van der Waals surface area contributed by atoms with Gasteiger partial charge in [0.05, 0.1) is 12.6 Å². The highest BCUT2D eigenvalue weighted by molar-refractivity contribution is 7.09. The van der Waals surface area contributed by atoms with E-state index < -0.39 is 5.54 Å². The standard InChI is InChI=1S/C14H23N3O2S.2ClH/c1-5-19-10-6-14(15,13(10,3)4)12(18)16-7-11-17-9(2)8-20-11;;/h8,10H,5-7,15H2,1-4H3,(H,16,18);2*1H. The van der Waals surface area contributed by atoms with Gasteiger partial charge in [0.15, 0.2) is 0 Å². The predicted octanol–water partition coefficient (Wildman–Crippen LogP) is 2.44. The van der Waals surface area contributed by atoms with Crippen LogP contribution in [0.4, 0.5) is 0 Å². The number of carbonyl (C=O) groups is 1. The first-order valence-corrected chi connectivity index (χ1v) is 7.79. The summed E-state index contributed by atoms with van der Waals surface area (Å²) in [6.45, 7) is 8.95.